The average Bonchev–Trinajstić information content (AvgIpc) is 3.15. The molecule has 0 saturated carbocycles. The topological polar surface area (TPSA) is 94.2 Å². The zero-order valence-corrected chi connectivity index (χ0v) is 13.0. The van der Waals surface area contributed by atoms with Gasteiger partial charge in [0, 0.05) is 18.1 Å². The first kappa shape index (κ1) is 16.4. The number of aromatic nitrogens is 4. The molecule has 3 rings (SSSR count). The number of nitrogens with zero attached hydrogens (tertiary/aromatic N) is 3. The van der Waals surface area contributed by atoms with E-state index in [9.17, 15) is 8.78 Å². The van der Waals surface area contributed by atoms with Gasteiger partial charge in [-0.3, -0.25) is 4.98 Å². The van der Waals surface area contributed by atoms with Gasteiger partial charge in [0.15, 0.2) is 11.6 Å². The molecule has 0 amide bonds. The van der Waals surface area contributed by atoms with Crippen LogP contribution in [-0.4, -0.2) is 46.6 Å². The van der Waals surface area contributed by atoms with Crippen molar-refractivity contribution in [3.63, 3.8) is 0 Å². The van der Waals surface area contributed by atoms with E-state index in [0.29, 0.717) is 24.9 Å². The third-order valence-electron chi connectivity index (χ3n) is 3.51. The molecule has 0 aliphatic carbocycles. The van der Waals surface area contributed by atoms with Gasteiger partial charge in [-0.05, 0) is 6.42 Å². The molecule has 1 saturated heterocycles. The Morgan fingerprint density at radius 3 is 3.04 bits per heavy atom. The van der Waals surface area contributed by atoms with E-state index < -0.39 is 6.61 Å². The second kappa shape index (κ2) is 6.95. The maximum atomic E-state index is 12.1. The number of halogens is 2. The van der Waals surface area contributed by atoms with Crippen LogP contribution in [0.25, 0.3) is 0 Å². The van der Waals surface area contributed by atoms with Gasteiger partial charge in [0.2, 0.25) is 11.8 Å². The number of hydrogen-bond acceptors (Lipinski definition) is 7. The predicted octanol–water partition coefficient (Wildman–Crippen LogP) is 2.35. The molecular formula is C14H17F2N5O3. The molecule has 0 bridgehead atoms. The first-order valence-corrected chi connectivity index (χ1v) is 7.32. The van der Waals surface area contributed by atoms with Crippen LogP contribution in [0.1, 0.15) is 13.3 Å². The Morgan fingerprint density at radius 2 is 2.29 bits per heavy atom. The molecule has 1 aliphatic rings. The van der Waals surface area contributed by atoms with Gasteiger partial charge in [-0.25, -0.2) is 5.10 Å². The van der Waals surface area contributed by atoms with E-state index in [2.05, 4.69) is 37.1 Å². The lowest BCUT2D eigenvalue weighted by molar-refractivity contribution is -0.0528. The summed E-state index contributed by atoms with van der Waals surface area (Å²) in [4.78, 5) is 8.28. The zero-order valence-electron chi connectivity index (χ0n) is 13.0. The van der Waals surface area contributed by atoms with Gasteiger partial charge in [-0.1, -0.05) is 6.92 Å². The summed E-state index contributed by atoms with van der Waals surface area (Å²) in [5.41, 5.74) is -0.0329. The zero-order chi connectivity index (χ0) is 17.0. The van der Waals surface area contributed by atoms with Crippen LogP contribution in [0.15, 0.2) is 18.5 Å². The summed E-state index contributed by atoms with van der Waals surface area (Å²) in [5.74, 6) is 0.846. The molecule has 130 valence electrons. The smallest absolute Gasteiger partial charge is 0.388 e. The molecule has 1 aliphatic heterocycles. The highest BCUT2D eigenvalue weighted by atomic mass is 19.3. The number of aromatic amines is 1. The van der Waals surface area contributed by atoms with Gasteiger partial charge in [0.25, 0.3) is 0 Å². The lowest BCUT2D eigenvalue weighted by Crippen LogP contribution is -2.25. The fourth-order valence-corrected chi connectivity index (χ4v) is 2.20. The number of nitrogens with one attached hydrogen (secondary N) is 2. The molecule has 8 nitrogen and oxygen atoms in total. The van der Waals surface area contributed by atoms with Crippen LogP contribution in [0, 0.1) is 5.41 Å². The first-order valence-electron chi connectivity index (χ1n) is 7.32. The monoisotopic (exact) mass is 341 g/mol. The highest BCUT2D eigenvalue weighted by molar-refractivity contribution is 5.51. The minimum absolute atomic E-state index is 0.0329. The van der Waals surface area contributed by atoms with Crippen molar-refractivity contribution >= 4 is 11.6 Å². The minimum Gasteiger partial charge on any atom is -0.476 e. The molecule has 24 heavy (non-hydrogen) atoms. The summed E-state index contributed by atoms with van der Waals surface area (Å²) in [6, 6.07) is 1.29. The van der Waals surface area contributed by atoms with Crippen molar-refractivity contribution in [2.24, 2.45) is 5.41 Å². The number of anilines is 2. The van der Waals surface area contributed by atoms with Crippen molar-refractivity contribution in [3.8, 4) is 11.8 Å². The minimum atomic E-state index is -2.92. The highest BCUT2D eigenvalue weighted by Gasteiger charge is 2.30. The molecule has 1 unspecified atom stereocenters. The normalized spacial score (nSPS) is 20.3. The molecule has 1 atom stereocenters. The SMILES string of the molecule is CC1(COc2cncc(Nc3cc(OC(F)F)[nH]n3)n2)CCOC1. The van der Waals surface area contributed by atoms with E-state index in [1.807, 2.05) is 0 Å². The van der Waals surface area contributed by atoms with Crippen molar-refractivity contribution < 1.29 is 23.0 Å². The van der Waals surface area contributed by atoms with Gasteiger partial charge >= 0.3 is 6.61 Å². The quantitative estimate of drug-likeness (QED) is 0.798. The molecule has 0 aromatic carbocycles. The number of hydrogen-bond donors (Lipinski definition) is 2. The standard InChI is InChI=1S/C14H17F2N5O3/c1-14(2-3-22-7-14)8-23-12-6-17-5-10(19-12)18-9-4-11(21-20-9)24-13(15)16/h4-6,13H,2-3,7-8H2,1H3,(H2,18,19,20,21). The van der Waals surface area contributed by atoms with E-state index >= 15 is 0 Å². The van der Waals surface area contributed by atoms with E-state index in [1.54, 1.807) is 0 Å². The Labute approximate surface area is 136 Å². The van der Waals surface area contributed by atoms with Crippen molar-refractivity contribution in [1.29, 1.82) is 0 Å². The number of H-pyrrole nitrogens is 1. The van der Waals surface area contributed by atoms with E-state index in [4.69, 9.17) is 9.47 Å². The summed E-state index contributed by atoms with van der Waals surface area (Å²) >= 11 is 0. The molecule has 3 heterocycles. The van der Waals surface area contributed by atoms with Gasteiger partial charge < -0.3 is 19.5 Å². The van der Waals surface area contributed by atoms with Crippen LogP contribution in [0.2, 0.25) is 0 Å². The van der Waals surface area contributed by atoms with Crippen molar-refractivity contribution in [2.45, 2.75) is 20.0 Å². The maximum absolute atomic E-state index is 12.1. The largest absolute Gasteiger partial charge is 0.476 e. The molecular weight excluding hydrogens is 324 g/mol. The number of ether oxygens (including phenoxy) is 3. The Morgan fingerprint density at radius 1 is 1.42 bits per heavy atom. The number of rotatable bonds is 7. The van der Waals surface area contributed by atoms with E-state index in [1.165, 1.54) is 18.5 Å². The first-order chi connectivity index (χ1) is 11.5. The molecule has 2 aromatic heterocycles. The summed E-state index contributed by atoms with van der Waals surface area (Å²) in [6.45, 7) is 1.02. The van der Waals surface area contributed by atoms with E-state index in [-0.39, 0.29) is 17.1 Å². The Hall–Kier alpha value is -2.49. The van der Waals surface area contributed by atoms with E-state index in [0.717, 1.165) is 13.0 Å². The van der Waals surface area contributed by atoms with Crippen LogP contribution in [0.3, 0.4) is 0 Å². The van der Waals surface area contributed by atoms with Gasteiger partial charge in [-0.15, -0.1) is 0 Å². The second-order valence-corrected chi connectivity index (χ2v) is 5.77. The van der Waals surface area contributed by atoms with Crippen molar-refractivity contribution in [1.82, 2.24) is 20.2 Å². The third-order valence-corrected chi connectivity index (χ3v) is 3.51. The van der Waals surface area contributed by atoms with Crippen molar-refractivity contribution in [3.05, 3.63) is 18.5 Å². The Balaban J connectivity index is 1.59. The van der Waals surface area contributed by atoms with Crippen LogP contribution in [0.4, 0.5) is 20.4 Å². The fourth-order valence-electron chi connectivity index (χ4n) is 2.20. The molecule has 1 fully saturated rings. The Bertz CT molecular complexity index is 676. The van der Waals surface area contributed by atoms with Crippen LogP contribution in [0.5, 0.6) is 11.8 Å². The Kier molecular flexibility index (Phi) is 4.74. The molecule has 0 spiro atoms. The van der Waals surface area contributed by atoms with Gasteiger partial charge in [0.05, 0.1) is 25.6 Å². The predicted molar refractivity (Wildman–Crippen MR) is 79.6 cm³/mol. The lowest BCUT2D eigenvalue weighted by Gasteiger charge is -2.21. The summed E-state index contributed by atoms with van der Waals surface area (Å²) in [7, 11) is 0. The maximum Gasteiger partial charge on any atom is 0.388 e. The molecule has 0 radical (unpaired) electrons. The second-order valence-electron chi connectivity index (χ2n) is 5.77. The summed E-state index contributed by atoms with van der Waals surface area (Å²) in [6.07, 6.45) is 3.90. The molecule has 2 aromatic rings. The lowest BCUT2D eigenvalue weighted by atomic mass is 9.91. The number of alkyl halides is 2. The summed E-state index contributed by atoms with van der Waals surface area (Å²) in [5, 5.41) is 8.96. The summed E-state index contributed by atoms with van der Waals surface area (Å²) < 4.78 is 39.5. The fraction of sp³-hybridized carbons (Fsp3) is 0.500. The third kappa shape index (κ3) is 4.28. The van der Waals surface area contributed by atoms with Crippen molar-refractivity contribution in [2.75, 3.05) is 25.1 Å². The van der Waals surface area contributed by atoms with Crippen LogP contribution < -0.4 is 14.8 Å². The van der Waals surface area contributed by atoms with Gasteiger partial charge in [-0.2, -0.15) is 18.9 Å². The molecule has 2 N–H and O–H groups in total. The highest BCUT2D eigenvalue weighted by Crippen LogP contribution is 2.28. The van der Waals surface area contributed by atoms with Gasteiger partial charge in [0.1, 0.15) is 0 Å². The van der Waals surface area contributed by atoms with Crippen LogP contribution >= 0.6 is 0 Å². The molecule has 10 heteroatoms. The average molecular weight is 341 g/mol. The van der Waals surface area contributed by atoms with Crippen LogP contribution in [-0.2, 0) is 4.74 Å².